The lowest BCUT2D eigenvalue weighted by Gasteiger charge is -2.27. The lowest BCUT2D eigenvalue weighted by molar-refractivity contribution is -0.150. The number of ether oxygens (including phenoxy) is 1. The van der Waals surface area contributed by atoms with Crippen molar-refractivity contribution in [2.75, 3.05) is 13.7 Å². The molecule has 0 aliphatic heterocycles. The zero-order valence-electron chi connectivity index (χ0n) is 9.63. The third-order valence-electron chi connectivity index (χ3n) is 3.52. The lowest BCUT2D eigenvalue weighted by Crippen LogP contribution is -2.30. The van der Waals surface area contributed by atoms with Gasteiger partial charge in [-0.3, -0.25) is 4.79 Å². The highest BCUT2D eigenvalue weighted by atomic mass is 16.5. The van der Waals surface area contributed by atoms with Gasteiger partial charge in [-0.2, -0.15) is 0 Å². The van der Waals surface area contributed by atoms with Gasteiger partial charge in [0.05, 0.1) is 5.41 Å². The first kappa shape index (κ1) is 12.5. The molecule has 3 nitrogen and oxygen atoms in total. The molecule has 0 saturated heterocycles. The van der Waals surface area contributed by atoms with Crippen LogP contribution >= 0.6 is 0 Å². The maximum absolute atomic E-state index is 11.4. The molecule has 0 atom stereocenters. The Morgan fingerprint density at radius 1 is 1.27 bits per heavy atom. The van der Waals surface area contributed by atoms with Crippen LogP contribution in [0.1, 0.15) is 51.4 Å². The second kappa shape index (κ2) is 6.11. The van der Waals surface area contributed by atoms with Crippen molar-refractivity contribution in [3.63, 3.8) is 0 Å². The van der Waals surface area contributed by atoms with Crippen LogP contribution < -0.4 is 0 Å². The molecule has 1 aliphatic carbocycles. The first-order valence-electron chi connectivity index (χ1n) is 5.94. The van der Waals surface area contributed by atoms with Gasteiger partial charge in [0, 0.05) is 13.7 Å². The minimum Gasteiger partial charge on any atom is -0.481 e. The van der Waals surface area contributed by atoms with Crippen LogP contribution in [0.2, 0.25) is 0 Å². The van der Waals surface area contributed by atoms with Crippen molar-refractivity contribution >= 4 is 5.97 Å². The summed E-state index contributed by atoms with van der Waals surface area (Å²) in [6.07, 6.45) is 7.87. The summed E-state index contributed by atoms with van der Waals surface area (Å²) in [5.41, 5.74) is -0.449. The van der Waals surface area contributed by atoms with Gasteiger partial charge in [0.1, 0.15) is 0 Å². The van der Waals surface area contributed by atoms with E-state index in [4.69, 9.17) is 4.74 Å². The van der Waals surface area contributed by atoms with Crippen LogP contribution in [0.25, 0.3) is 0 Å². The molecule has 0 aromatic rings. The van der Waals surface area contributed by atoms with E-state index in [0.29, 0.717) is 6.61 Å². The molecule has 1 saturated carbocycles. The smallest absolute Gasteiger partial charge is 0.309 e. The zero-order valence-corrected chi connectivity index (χ0v) is 9.63. The summed E-state index contributed by atoms with van der Waals surface area (Å²) in [6.45, 7) is 0.676. The van der Waals surface area contributed by atoms with Crippen LogP contribution in [0.15, 0.2) is 0 Å². The van der Waals surface area contributed by atoms with E-state index in [1.54, 1.807) is 7.11 Å². The van der Waals surface area contributed by atoms with Crippen molar-refractivity contribution in [2.24, 2.45) is 5.41 Å². The molecule has 1 aliphatic rings. The van der Waals surface area contributed by atoms with Gasteiger partial charge in [-0.15, -0.1) is 0 Å². The number of hydrogen-bond donors (Lipinski definition) is 1. The molecular weight excluding hydrogens is 192 g/mol. The molecule has 1 rings (SSSR count). The van der Waals surface area contributed by atoms with E-state index in [1.807, 2.05) is 0 Å². The Bertz CT molecular complexity index is 193. The van der Waals surface area contributed by atoms with Crippen molar-refractivity contribution in [3.8, 4) is 0 Å². The highest BCUT2D eigenvalue weighted by molar-refractivity contribution is 5.74. The summed E-state index contributed by atoms with van der Waals surface area (Å²) in [7, 11) is 1.67. The maximum Gasteiger partial charge on any atom is 0.309 e. The van der Waals surface area contributed by atoms with Gasteiger partial charge in [0.2, 0.25) is 0 Å². The summed E-state index contributed by atoms with van der Waals surface area (Å²) in [5, 5.41) is 9.37. The molecule has 15 heavy (non-hydrogen) atoms. The summed E-state index contributed by atoms with van der Waals surface area (Å²) >= 11 is 0. The molecule has 0 radical (unpaired) electrons. The van der Waals surface area contributed by atoms with Gasteiger partial charge < -0.3 is 9.84 Å². The van der Waals surface area contributed by atoms with Crippen molar-refractivity contribution in [1.29, 1.82) is 0 Å². The number of rotatable bonds is 5. The molecule has 1 fully saturated rings. The Labute approximate surface area is 91.8 Å². The van der Waals surface area contributed by atoms with Gasteiger partial charge in [-0.05, 0) is 25.7 Å². The second-order valence-electron chi connectivity index (χ2n) is 4.60. The van der Waals surface area contributed by atoms with Crippen LogP contribution in [0.3, 0.4) is 0 Å². The van der Waals surface area contributed by atoms with Gasteiger partial charge in [0.15, 0.2) is 0 Å². The first-order chi connectivity index (χ1) is 7.21. The summed E-state index contributed by atoms with van der Waals surface area (Å²) in [5.74, 6) is -0.597. The Kier molecular flexibility index (Phi) is 5.09. The van der Waals surface area contributed by atoms with Crippen LogP contribution in [0.4, 0.5) is 0 Å². The SMILES string of the molecule is COCCCC1(C(=O)O)CCCCCC1. The zero-order chi connectivity index (χ0) is 11.1. The van der Waals surface area contributed by atoms with Gasteiger partial charge >= 0.3 is 5.97 Å². The highest BCUT2D eigenvalue weighted by Gasteiger charge is 2.37. The summed E-state index contributed by atoms with van der Waals surface area (Å²) in [4.78, 5) is 11.4. The molecule has 88 valence electrons. The van der Waals surface area contributed by atoms with E-state index in [1.165, 1.54) is 12.8 Å². The minimum atomic E-state index is -0.597. The van der Waals surface area contributed by atoms with Gasteiger partial charge in [0.25, 0.3) is 0 Å². The molecule has 0 bridgehead atoms. The van der Waals surface area contributed by atoms with Crippen molar-refractivity contribution in [3.05, 3.63) is 0 Å². The van der Waals surface area contributed by atoms with Gasteiger partial charge in [-0.25, -0.2) is 0 Å². The van der Waals surface area contributed by atoms with E-state index < -0.39 is 11.4 Å². The Morgan fingerprint density at radius 2 is 1.87 bits per heavy atom. The maximum atomic E-state index is 11.4. The standard InChI is InChI=1S/C12H22O3/c1-15-10-6-9-12(11(13)14)7-4-2-3-5-8-12/h2-10H2,1H3,(H,13,14). The Balaban J connectivity index is 2.55. The number of carboxylic acid groups (broad SMARTS) is 1. The van der Waals surface area contributed by atoms with Crippen LogP contribution in [-0.4, -0.2) is 24.8 Å². The summed E-state index contributed by atoms with van der Waals surface area (Å²) in [6, 6.07) is 0. The van der Waals surface area contributed by atoms with E-state index in [9.17, 15) is 9.90 Å². The fourth-order valence-electron chi connectivity index (χ4n) is 2.53. The Morgan fingerprint density at radius 3 is 2.33 bits per heavy atom. The number of aliphatic carboxylic acids is 1. The van der Waals surface area contributed by atoms with Crippen LogP contribution in [-0.2, 0) is 9.53 Å². The fourth-order valence-corrected chi connectivity index (χ4v) is 2.53. The average molecular weight is 214 g/mol. The van der Waals surface area contributed by atoms with Gasteiger partial charge in [-0.1, -0.05) is 25.7 Å². The number of hydrogen-bond acceptors (Lipinski definition) is 2. The minimum absolute atomic E-state index is 0.449. The monoisotopic (exact) mass is 214 g/mol. The van der Waals surface area contributed by atoms with Crippen molar-refractivity contribution in [2.45, 2.75) is 51.4 Å². The van der Waals surface area contributed by atoms with E-state index in [2.05, 4.69) is 0 Å². The number of carbonyl (C=O) groups is 1. The Hall–Kier alpha value is -0.570. The summed E-state index contributed by atoms with van der Waals surface area (Å²) < 4.78 is 5.00. The van der Waals surface area contributed by atoms with Crippen molar-refractivity contribution < 1.29 is 14.6 Å². The van der Waals surface area contributed by atoms with Crippen molar-refractivity contribution in [1.82, 2.24) is 0 Å². The third kappa shape index (κ3) is 3.49. The first-order valence-corrected chi connectivity index (χ1v) is 5.94. The normalized spacial score (nSPS) is 20.9. The topological polar surface area (TPSA) is 46.5 Å². The molecule has 0 unspecified atom stereocenters. The molecule has 0 aromatic heterocycles. The third-order valence-corrected chi connectivity index (χ3v) is 3.52. The number of carboxylic acids is 1. The average Bonchev–Trinajstić information content (AvgIpc) is 2.45. The largest absolute Gasteiger partial charge is 0.481 e. The van der Waals surface area contributed by atoms with E-state index >= 15 is 0 Å². The molecule has 0 spiro atoms. The molecule has 0 heterocycles. The van der Waals surface area contributed by atoms with E-state index in [-0.39, 0.29) is 0 Å². The molecule has 1 N–H and O–H groups in total. The van der Waals surface area contributed by atoms with Crippen LogP contribution in [0, 0.1) is 5.41 Å². The number of methoxy groups -OCH3 is 1. The fraction of sp³-hybridized carbons (Fsp3) is 0.917. The van der Waals surface area contributed by atoms with E-state index in [0.717, 1.165) is 38.5 Å². The molecule has 3 heteroatoms. The molecule has 0 amide bonds. The molecular formula is C12H22O3. The quantitative estimate of drug-likeness (QED) is 0.565. The second-order valence-corrected chi connectivity index (χ2v) is 4.60. The molecule has 0 aromatic carbocycles. The highest BCUT2D eigenvalue weighted by Crippen LogP contribution is 2.39. The van der Waals surface area contributed by atoms with Crippen LogP contribution in [0.5, 0.6) is 0 Å². The lowest BCUT2D eigenvalue weighted by atomic mass is 9.76. The predicted octanol–water partition coefficient (Wildman–Crippen LogP) is 2.84. The predicted molar refractivity (Wildman–Crippen MR) is 58.9 cm³/mol.